The summed E-state index contributed by atoms with van der Waals surface area (Å²) in [5, 5.41) is 7.92. The lowest BCUT2D eigenvalue weighted by Crippen LogP contribution is -2.49. The van der Waals surface area contributed by atoms with Gasteiger partial charge in [0.15, 0.2) is 0 Å². The summed E-state index contributed by atoms with van der Waals surface area (Å²) in [5.41, 5.74) is 1.38. The van der Waals surface area contributed by atoms with Crippen LogP contribution in [0.3, 0.4) is 0 Å². The molecule has 5 nitrogen and oxygen atoms in total. The van der Waals surface area contributed by atoms with Crippen LogP contribution >= 0.6 is 22.9 Å². The second-order valence-electron chi connectivity index (χ2n) is 6.76. The smallest absolute Gasteiger partial charge is 0.143 e. The van der Waals surface area contributed by atoms with Crippen molar-refractivity contribution in [3.8, 4) is 0 Å². The van der Waals surface area contributed by atoms with Crippen molar-refractivity contribution in [1.29, 1.82) is 0 Å². The predicted molar refractivity (Wildman–Crippen MR) is 91.1 cm³/mol. The first-order valence-electron chi connectivity index (χ1n) is 8.04. The van der Waals surface area contributed by atoms with Crippen molar-refractivity contribution in [2.45, 2.75) is 43.7 Å². The molecule has 7 heteroatoms. The Morgan fingerprint density at radius 1 is 1.48 bits per heavy atom. The summed E-state index contributed by atoms with van der Waals surface area (Å²) in [6, 6.07) is 2.70. The van der Waals surface area contributed by atoms with Gasteiger partial charge >= 0.3 is 0 Å². The molecule has 0 bridgehead atoms. The minimum absolute atomic E-state index is 0.0188. The second kappa shape index (κ2) is 5.84. The van der Waals surface area contributed by atoms with Gasteiger partial charge in [0, 0.05) is 23.4 Å². The number of nitrogens with zero attached hydrogens (tertiary/aromatic N) is 3. The molecule has 0 saturated carbocycles. The highest BCUT2D eigenvalue weighted by molar-refractivity contribution is 7.16. The van der Waals surface area contributed by atoms with Gasteiger partial charge in [-0.25, -0.2) is 4.98 Å². The Labute approximate surface area is 145 Å². The molecule has 2 aromatic heterocycles. The third kappa shape index (κ3) is 2.71. The third-order valence-electron chi connectivity index (χ3n) is 4.99. The first-order valence-corrected chi connectivity index (χ1v) is 9.23. The minimum Gasteiger partial charge on any atom is -0.380 e. The zero-order chi connectivity index (χ0) is 16.0. The Kier molecular flexibility index (Phi) is 3.96. The van der Waals surface area contributed by atoms with E-state index in [0.717, 1.165) is 42.6 Å². The van der Waals surface area contributed by atoms with Crippen LogP contribution < -0.4 is 5.32 Å². The number of aromatic nitrogens is 3. The van der Waals surface area contributed by atoms with Gasteiger partial charge in [0.1, 0.15) is 12.2 Å². The van der Waals surface area contributed by atoms with Gasteiger partial charge in [0.05, 0.1) is 23.6 Å². The zero-order valence-corrected chi connectivity index (χ0v) is 15.0. The quantitative estimate of drug-likeness (QED) is 0.857. The maximum absolute atomic E-state index is 6.34. The number of halogens is 1. The molecule has 2 aliphatic heterocycles. The number of hydrogen-bond donors (Lipinski definition) is 1. The van der Waals surface area contributed by atoms with Gasteiger partial charge in [-0.1, -0.05) is 11.6 Å². The van der Waals surface area contributed by atoms with E-state index in [1.54, 1.807) is 17.7 Å². The Morgan fingerprint density at radius 2 is 2.35 bits per heavy atom. The molecule has 4 rings (SSSR count). The molecule has 2 aliphatic rings. The average molecular weight is 353 g/mol. The average Bonchev–Trinajstić information content (AvgIpc) is 3.06. The molecule has 0 aliphatic carbocycles. The van der Waals surface area contributed by atoms with E-state index in [9.17, 15) is 0 Å². The van der Waals surface area contributed by atoms with Crippen molar-refractivity contribution in [2.24, 2.45) is 7.05 Å². The van der Waals surface area contributed by atoms with Crippen LogP contribution in [0.15, 0.2) is 12.4 Å². The predicted octanol–water partition coefficient (Wildman–Crippen LogP) is 2.85. The highest BCUT2D eigenvalue weighted by Gasteiger charge is 2.45. The third-order valence-corrected chi connectivity index (χ3v) is 6.54. The van der Waals surface area contributed by atoms with E-state index in [0.29, 0.717) is 6.04 Å². The summed E-state index contributed by atoms with van der Waals surface area (Å²) in [4.78, 5) is 5.88. The molecule has 1 spiro atoms. The lowest BCUT2D eigenvalue weighted by molar-refractivity contribution is 0.0594. The topological polar surface area (TPSA) is 52.0 Å². The van der Waals surface area contributed by atoms with E-state index in [-0.39, 0.29) is 11.5 Å². The normalized spacial score (nSPS) is 31.1. The van der Waals surface area contributed by atoms with Crippen molar-refractivity contribution in [3.63, 3.8) is 0 Å². The van der Waals surface area contributed by atoms with Crippen molar-refractivity contribution in [2.75, 3.05) is 13.2 Å². The Hall–Kier alpha value is -0.950. The fraction of sp³-hybridized carbons (Fsp3) is 0.625. The second-order valence-corrected chi connectivity index (χ2v) is 8.44. The van der Waals surface area contributed by atoms with Crippen molar-refractivity contribution in [1.82, 2.24) is 20.1 Å². The fourth-order valence-electron chi connectivity index (χ4n) is 4.16. The van der Waals surface area contributed by atoms with E-state index < -0.39 is 0 Å². The molecular formula is C16H21ClN4OS. The standard InChI is InChI=1S/C16H21ClN4OS/c1-10-6-16(7-12(20-10)15-18-9-19-21(15)2)8-22-4-3-11-5-13(17)23-14(11)16/h5,9-10,12,20H,3-4,6-8H2,1-2H3. The molecule has 2 aromatic rings. The van der Waals surface area contributed by atoms with Crippen LogP contribution in [-0.4, -0.2) is 34.0 Å². The molecule has 124 valence electrons. The molecular weight excluding hydrogens is 332 g/mol. The van der Waals surface area contributed by atoms with Crippen LogP contribution in [0.25, 0.3) is 0 Å². The maximum Gasteiger partial charge on any atom is 0.143 e. The Bertz CT molecular complexity index is 715. The van der Waals surface area contributed by atoms with Crippen LogP contribution in [0.5, 0.6) is 0 Å². The van der Waals surface area contributed by atoms with Gasteiger partial charge in [0.2, 0.25) is 0 Å². The van der Waals surface area contributed by atoms with Gasteiger partial charge in [-0.15, -0.1) is 11.3 Å². The summed E-state index contributed by atoms with van der Waals surface area (Å²) >= 11 is 8.07. The maximum atomic E-state index is 6.34. The highest BCUT2D eigenvalue weighted by Crippen LogP contribution is 2.48. The molecule has 0 aromatic carbocycles. The highest BCUT2D eigenvalue weighted by atomic mass is 35.5. The zero-order valence-electron chi connectivity index (χ0n) is 13.4. The van der Waals surface area contributed by atoms with E-state index in [2.05, 4.69) is 28.4 Å². The number of fused-ring (bicyclic) bond motifs is 2. The molecule has 1 saturated heterocycles. The summed E-state index contributed by atoms with van der Waals surface area (Å²) in [6.07, 6.45) is 4.61. The van der Waals surface area contributed by atoms with Crippen LogP contribution in [0.2, 0.25) is 4.34 Å². The molecule has 3 unspecified atom stereocenters. The van der Waals surface area contributed by atoms with Gasteiger partial charge in [-0.05, 0) is 37.8 Å². The number of rotatable bonds is 1. The monoisotopic (exact) mass is 352 g/mol. The number of piperidine rings is 1. The SMILES string of the molecule is CC1CC2(COCCc3cc(Cl)sc32)CC(c2ncnn2C)N1. The fourth-order valence-corrected chi connectivity index (χ4v) is 5.65. The Morgan fingerprint density at radius 3 is 3.13 bits per heavy atom. The number of thiophene rings is 1. The molecule has 4 heterocycles. The summed E-state index contributed by atoms with van der Waals surface area (Å²) in [7, 11) is 1.95. The first kappa shape index (κ1) is 15.6. The van der Waals surface area contributed by atoms with Gasteiger partial charge in [0.25, 0.3) is 0 Å². The largest absolute Gasteiger partial charge is 0.380 e. The molecule has 1 N–H and O–H groups in total. The van der Waals surface area contributed by atoms with Crippen molar-refractivity contribution < 1.29 is 4.74 Å². The number of ether oxygens (including phenoxy) is 1. The van der Waals surface area contributed by atoms with E-state index >= 15 is 0 Å². The molecule has 0 amide bonds. The van der Waals surface area contributed by atoms with Crippen LogP contribution in [-0.2, 0) is 23.6 Å². The van der Waals surface area contributed by atoms with E-state index in [1.807, 2.05) is 11.7 Å². The number of hydrogen-bond acceptors (Lipinski definition) is 5. The lowest BCUT2D eigenvalue weighted by Gasteiger charge is -2.43. The molecule has 23 heavy (non-hydrogen) atoms. The van der Waals surface area contributed by atoms with Gasteiger partial charge < -0.3 is 10.1 Å². The van der Waals surface area contributed by atoms with Crippen LogP contribution in [0.1, 0.15) is 42.1 Å². The summed E-state index contributed by atoms with van der Waals surface area (Å²) in [6.45, 7) is 3.78. The summed E-state index contributed by atoms with van der Waals surface area (Å²) < 4.78 is 8.76. The van der Waals surface area contributed by atoms with Gasteiger partial charge in [-0.2, -0.15) is 5.10 Å². The van der Waals surface area contributed by atoms with Crippen LogP contribution in [0.4, 0.5) is 0 Å². The number of aryl methyl sites for hydroxylation is 1. The lowest BCUT2D eigenvalue weighted by atomic mass is 9.72. The van der Waals surface area contributed by atoms with Gasteiger partial charge in [-0.3, -0.25) is 4.68 Å². The minimum atomic E-state index is 0.0188. The van der Waals surface area contributed by atoms with Crippen molar-refractivity contribution >= 4 is 22.9 Å². The molecule has 1 fully saturated rings. The van der Waals surface area contributed by atoms with E-state index in [1.165, 1.54) is 10.4 Å². The first-order chi connectivity index (χ1) is 11.1. The molecule has 0 radical (unpaired) electrons. The summed E-state index contributed by atoms with van der Waals surface area (Å²) in [5.74, 6) is 0.990. The Balaban J connectivity index is 1.76. The van der Waals surface area contributed by atoms with E-state index in [4.69, 9.17) is 16.3 Å². The number of nitrogens with one attached hydrogen (secondary N) is 1. The van der Waals surface area contributed by atoms with Crippen LogP contribution in [0, 0.1) is 0 Å². The van der Waals surface area contributed by atoms with Crippen molar-refractivity contribution in [3.05, 3.63) is 33.0 Å². The molecule has 3 atom stereocenters.